The van der Waals surface area contributed by atoms with Crippen molar-refractivity contribution in [3.8, 4) is 0 Å². The van der Waals surface area contributed by atoms with E-state index in [-0.39, 0.29) is 11.8 Å². The fourth-order valence-electron chi connectivity index (χ4n) is 2.27. The maximum atomic E-state index is 12.0. The van der Waals surface area contributed by atoms with Gasteiger partial charge >= 0.3 is 0 Å². The Bertz CT molecular complexity index is 309. The zero-order valence-electron chi connectivity index (χ0n) is 11.7. The summed E-state index contributed by atoms with van der Waals surface area (Å²) in [7, 11) is 0. The summed E-state index contributed by atoms with van der Waals surface area (Å²) in [6.45, 7) is 7.01. The number of nitrogens with one attached hydrogen (secondary N) is 1. The Hall–Kier alpha value is -1.10. The van der Waals surface area contributed by atoms with Crippen LogP contribution in [-0.4, -0.2) is 41.4 Å². The molecule has 0 bridgehead atoms. The van der Waals surface area contributed by atoms with Crippen LogP contribution in [0.25, 0.3) is 0 Å². The first-order valence-electron chi connectivity index (χ1n) is 6.77. The molecule has 18 heavy (non-hydrogen) atoms. The minimum Gasteiger partial charge on any atom is -0.343 e. The van der Waals surface area contributed by atoms with Crippen LogP contribution < -0.4 is 11.1 Å². The Kier molecular flexibility index (Phi) is 5.14. The van der Waals surface area contributed by atoms with Gasteiger partial charge in [-0.25, -0.2) is 0 Å². The Morgan fingerprint density at radius 2 is 1.94 bits per heavy atom. The van der Waals surface area contributed by atoms with Gasteiger partial charge in [-0.2, -0.15) is 0 Å². The molecule has 1 aliphatic rings. The van der Waals surface area contributed by atoms with Gasteiger partial charge in [0.1, 0.15) is 6.04 Å². The maximum absolute atomic E-state index is 12.0. The van der Waals surface area contributed by atoms with Gasteiger partial charge in [0.2, 0.25) is 11.8 Å². The summed E-state index contributed by atoms with van der Waals surface area (Å²) in [5, 5.41) is 2.73. The molecule has 0 spiro atoms. The quantitative estimate of drug-likeness (QED) is 0.756. The van der Waals surface area contributed by atoms with Crippen LogP contribution >= 0.6 is 0 Å². The van der Waals surface area contributed by atoms with E-state index in [4.69, 9.17) is 5.73 Å². The zero-order valence-corrected chi connectivity index (χ0v) is 11.7. The monoisotopic (exact) mass is 255 g/mol. The van der Waals surface area contributed by atoms with Crippen LogP contribution in [0.4, 0.5) is 0 Å². The lowest BCUT2D eigenvalue weighted by atomic mass is 9.96. The summed E-state index contributed by atoms with van der Waals surface area (Å²) in [5.74, 6) is -0.252. The third-order valence-corrected chi connectivity index (χ3v) is 3.42. The molecule has 0 aliphatic carbocycles. The lowest BCUT2D eigenvalue weighted by molar-refractivity contribution is -0.136. The molecule has 0 radical (unpaired) electrons. The van der Waals surface area contributed by atoms with Gasteiger partial charge in [-0.05, 0) is 33.1 Å². The molecule has 1 saturated heterocycles. The van der Waals surface area contributed by atoms with Crippen molar-refractivity contribution in [2.75, 3.05) is 13.1 Å². The average Bonchev–Trinajstić information content (AvgIpc) is 2.81. The topological polar surface area (TPSA) is 75.4 Å². The highest BCUT2D eigenvalue weighted by atomic mass is 16.2. The molecule has 2 unspecified atom stereocenters. The minimum absolute atomic E-state index is 0.00634. The van der Waals surface area contributed by atoms with Gasteiger partial charge < -0.3 is 16.0 Å². The Balaban J connectivity index is 2.50. The number of hydrogen-bond donors (Lipinski definition) is 2. The molecular formula is C13H25N3O2. The van der Waals surface area contributed by atoms with Crippen molar-refractivity contribution in [1.29, 1.82) is 0 Å². The van der Waals surface area contributed by atoms with E-state index in [0.717, 1.165) is 32.4 Å². The SMILES string of the molecule is CCCC(C)(N)C(=O)NC(C)C(=O)N1CCCC1. The van der Waals surface area contributed by atoms with Crippen LogP contribution in [0.2, 0.25) is 0 Å². The van der Waals surface area contributed by atoms with Crippen molar-refractivity contribution in [2.45, 2.75) is 58.0 Å². The maximum Gasteiger partial charge on any atom is 0.244 e. The highest BCUT2D eigenvalue weighted by Crippen LogP contribution is 2.11. The summed E-state index contributed by atoms with van der Waals surface area (Å²) >= 11 is 0. The van der Waals surface area contributed by atoms with E-state index in [1.54, 1.807) is 18.7 Å². The van der Waals surface area contributed by atoms with E-state index in [0.29, 0.717) is 6.42 Å². The standard InChI is InChI=1S/C13H25N3O2/c1-4-7-13(3,14)12(18)15-10(2)11(17)16-8-5-6-9-16/h10H,4-9,14H2,1-3H3,(H,15,18). The van der Waals surface area contributed by atoms with Crippen LogP contribution in [0, 0.1) is 0 Å². The summed E-state index contributed by atoms with van der Waals surface area (Å²) in [6, 6.07) is -0.490. The number of likely N-dealkylation sites (tertiary alicyclic amines) is 1. The van der Waals surface area contributed by atoms with Crippen LogP contribution in [0.1, 0.15) is 46.5 Å². The molecule has 1 aliphatic heterocycles. The second-order valence-electron chi connectivity index (χ2n) is 5.40. The first kappa shape index (κ1) is 15.0. The number of carbonyl (C=O) groups excluding carboxylic acids is 2. The molecular weight excluding hydrogens is 230 g/mol. The van der Waals surface area contributed by atoms with Crippen molar-refractivity contribution in [3.05, 3.63) is 0 Å². The number of nitrogens with zero attached hydrogens (tertiary/aromatic N) is 1. The van der Waals surface area contributed by atoms with E-state index in [9.17, 15) is 9.59 Å². The second-order valence-corrected chi connectivity index (χ2v) is 5.40. The zero-order chi connectivity index (χ0) is 13.8. The molecule has 1 rings (SSSR count). The molecule has 0 aromatic heterocycles. The molecule has 0 aromatic carbocycles. The van der Waals surface area contributed by atoms with Gasteiger partial charge in [-0.15, -0.1) is 0 Å². The van der Waals surface area contributed by atoms with Crippen LogP contribution in [0.5, 0.6) is 0 Å². The third-order valence-electron chi connectivity index (χ3n) is 3.42. The number of carbonyl (C=O) groups is 2. The van der Waals surface area contributed by atoms with Gasteiger partial charge in [-0.1, -0.05) is 13.3 Å². The number of nitrogens with two attached hydrogens (primary N) is 1. The highest BCUT2D eigenvalue weighted by Gasteiger charge is 2.31. The van der Waals surface area contributed by atoms with E-state index in [1.807, 2.05) is 6.92 Å². The Labute approximate surface area is 109 Å². The van der Waals surface area contributed by atoms with Gasteiger partial charge in [-0.3, -0.25) is 9.59 Å². The molecule has 0 aromatic rings. The van der Waals surface area contributed by atoms with Gasteiger partial charge in [0, 0.05) is 13.1 Å². The predicted octanol–water partition coefficient (Wildman–Crippen LogP) is 0.631. The molecule has 3 N–H and O–H groups in total. The molecule has 1 fully saturated rings. The minimum atomic E-state index is -0.895. The molecule has 0 saturated carbocycles. The van der Waals surface area contributed by atoms with Crippen LogP contribution in [0.15, 0.2) is 0 Å². The largest absolute Gasteiger partial charge is 0.343 e. The molecule has 5 heteroatoms. The van der Waals surface area contributed by atoms with Crippen molar-refractivity contribution >= 4 is 11.8 Å². The smallest absolute Gasteiger partial charge is 0.244 e. The van der Waals surface area contributed by atoms with Crippen LogP contribution in [-0.2, 0) is 9.59 Å². The van der Waals surface area contributed by atoms with Gasteiger partial charge in [0.15, 0.2) is 0 Å². The van der Waals surface area contributed by atoms with Gasteiger partial charge in [0.25, 0.3) is 0 Å². The number of rotatable bonds is 5. The predicted molar refractivity (Wildman–Crippen MR) is 70.9 cm³/mol. The molecule has 104 valence electrons. The first-order valence-corrected chi connectivity index (χ1v) is 6.77. The van der Waals surface area contributed by atoms with E-state index >= 15 is 0 Å². The van der Waals surface area contributed by atoms with Gasteiger partial charge in [0.05, 0.1) is 5.54 Å². The summed E-state index contributed by atoms with van der Waals surface area (Å²) in [6.07, 6.45) is 3.56. The highest BCUT2D eigenvalue weighted by molar-refractivity contribution is 5.91. The lowest BCUT2D eigenvalue weighted by Gasteiger charge is -2.27. The molecule has 5 nitrogen and oxygen atoms in total. The van der Waals surface area contributed by atoms with Crippen molar-refractivity contribution in [1.82, 2.24) is 10.2 Å². The summed E-state index contributed by atoms with van der Waals surface area (Å²) < 4.78 is 0. The van der Waals surface area contributed by atoms with E-state index in [2.05, 4.69) is 5.32 Å². The van der Waals surface area contributed by atoms with Crippen molar-refractivity contribution < 1.29 is 9.59 Å². The second kappa shape index (κ2) is 6.18. The first-order chi connectivity index (χ1) is 8.38. The number of hydrogen-bond acceptors (Lipinski definition) is 3. The normalized spacial score (nSPS) is 20.3. The average molecular weight is 255 g/mol. The van der Waals surface area contributed by atoms with E-state index in [1.165, 1.54) is 0 Å². The Morgan fingerprint density at radius 3 is 2.44 bits per heavy atom. The van der Waals surface area contributed by atoms with Crippen LogP contribution in [0.3, 0.4) is 0 Å². The Morgan fingerprint density at radius 1 is 1.39 bits per heavy atom. The van der Waals surface area contributed by atoms with E-state index < -0.39 is 11.6 Å². The summed E-state index contributed by atoms with van der Waals surface area (Å²) in [5.41, 5.74) is 5.04. The fourth-order valence-corrected chi connectivity index (χ4v) is 2.27. The third kappa shape index (κ3) is 3.70. The summed E-state index contributed by atoms with van der Waals surface area (Å²) in [4.78, 5) is 25.8. The fraction of sp³-hybridized carbons (Fsp3) is 0.846. The van der Waals surface area contributed by atoms with Crippen molar-refractivity contribution in [2.24, 2.45) is 5.73 Å². The molecule has 1 heterocycles. The molecule has 2 amide bonds. The van der Waals surface area contributed by atoms with Crippen molar-refractivity contribution in [3.63, 3.8) is 0 Å². The number of amides is 2. The molecule has 2 atom stereocenters. The lowest BCUT2D eigenvalue weighted by Crippen LogP contribution is -2.56.